The number of carbonyl (C=O) groups excluding carboxylic acids is 1. The summed E-state index contributed by atoms with van der Waals surface area (Å²) < 4.78 is 19.1. The Balaban J connectivity index is 1.61. The van der Waals surface area contributed by atoms with Crippen LogP contribution in [-0.2, 0) is 16.1 Å². The van der Waals surface area contributed by atoms with E-state index in [1.807, 2.05) is 30.3 Å². The zero-order chi connectivity index (χ0) is 30.7. The largest absolute Gasteiger partial charge is 0.493 e. The number of nitrogens with zero attached hydrogens (tertiary/aromatic N) is 3. The number of benzene rings is 3. The topological polar surface area (TPSA) is 122 Å². The van der Waals surface area contributed by atoms with Gasteiger partial charge in [0.05, 0.1) is 40.0 Å². The number of fused-ring (bicyclic) bond motifs is 1. The summed E-state index contributed by atoms with van der Waals surface area (Å²) in [4.78, 5) is 42.9. The highest BCUT2D eigenvalue weighted by atomic mass is 32.1. The normalized spacial score (nSPS) is 14.7. The van der Waals surface area contributed by atoms with Crippen LogP contribution in [0.4, 0.5) is 5.69 Å². The Labute approximate surface area is 251 Å². The van der Waals surface area contributed by atoms with Crippen molar-refractivity contribution in [3.05, 3.63) is 131 Å². The van der Waals surface area contributed by atoms with Crippen molar-refractivity contribution in [2.24, 2.45) is 4.99 Å². The average Bonchev–Trinajstić information content (AvgIpc) is 3.29. The first-order valence-electron chi connectivity index (χ1n) is 13.5. The number of hydrogen-bond acceptors (Lipinski definition) is 9. The molecule has 11 heteroatoms. The van der Waals surface area contributed by atoms with Crippen molar-refractivity contribution >= 4 is 29.1 Å². The summed E-state index contributed by atoms with van der Waals surface area (Å²) in [7, 11) is 1.53. The third-order valence-electron chi connectivity index (χ3n) is 6.73. The molecule has 2 heterocycles. The molecule has 0 aliphatic carbocycles. The van der Waals surface area contributed by atoms with Gasteiger partial charge in [-0.15, -0.1) is 0 Å². The number of nitro groups is 1. The molecule has 0 saturated carbocycles. The van der Waals surface area contributed by atoms with Crippen molar-refractivity contribution in [3.63, 3.8) is 0 Å². The van der Waals surface area contributed by atoms with Crippen molar-refractivity contribution in [2.45, 2.75) is 39.5 Å². The van der Waals surface area contributed by atoms with Crippen molar-refractivity contribution < 1.29 is 23.9 Å². The molecule has 10 nitrogen and oxygen atoms in total. The highest BCUT2D eigenvalue weighted by molar-refractivity contribution is 7.07. The summed E-state index contributed by atoms with van der Waals surface area (Å²) in [6, 6.07) is 20.1. The number of carbonyl (C=O) groups is 1. The Morgan fingerprint density at radius 1 is 1.09 bits per heavy atom. The molecule has 4 aromatic rings. The first-order valence-corrected chi connectivity index (χ1v) is 14.3. The summed E-state index contributed by atoms with van der Waals surface area (Å²) in [5.41, 5.74) is 2.47. The summed E-state index contributed by atoms with van der Waals surface area (Å²) >= 11 is 1.17. The quantitative estimate of drug-likeness (QED) is 0.156. The van der Waals surface area contributed by atoms with Crippen LogP contribution in [0.15, 0.2) is 93.9 Å². The Morgan fingerprint density at radius 2 is 1.81 bits per heavy atom. The first-order chi connectivity index (χ1) is 20.7. The molecule has 0 saturated heterocycles. The molecule has 1 aromatic heterocycles. The minimum Gasteiger partial charge on any atom is -0.493 e. The van der Waals surface area contributed by atoms with Gasteiger partial charge in [0, 0.05) is 12.1 Å². The molecule has 0 radical (unpaired) electrons. The van der Waals surface area contributed by atoms with Gasteiger partial charge >= 0.3 is 5.97 Å². The van der Waals surface area contributed by atoms with E-state index in [4.69, 9.17) is 14.2 Å². The minimum absolute atomic E-state index is 0.0484. The molecular formula is C32H29N3O7S. The van der Waals surface area contributed by atoms with E-state index in [9.17, 15) is 19.7 Å². The maximum Gasteiger partial charge on any atom is 0.338 e. The van der Waals surface area contributed by atoms with E-state index in [-0.39, 0.29) is 22.9 Å². The van der Waals surface area contributed by atoms with E-state index in [2.05, 4.69) is 4.99 Å². The molecule has 0 bridgehead atoms. The number of thiazole rings is 1. The van der Waals surface area contributed by atoms with E-state index in [0.717, 1.165) is 5.56 Å². The Hall–Kier alpha value is -5.03. The van der Waals surface area contributed by atoms with Gasteiger partial charge in [0.1, 0.15) is 6.61 Å². The van der Waals surface area contributed by atoms with Gasteiger partial charge in [-0.3, -0.25) is 19.5 Å². The van der Waals surface area contributed by atoms with Gasteiger partial charge < -0.3 is 14.2 Å². The first kappa shape index (κ1) is 29.5. The molecule has 3 aromatic carbocycles. The van der Waals surface area contributed by atoms with Gasteiger partial charge in [-0.2, -0.15) is 0 Å². The van der Waals surface area contributed by atoms with Gasteiger partial charge in [0.2, 0.25) is 0 Å². The monoisotopic (exact) mass is 599 g/mol. The molecule has 1 aliphatic heterocycles. The third-order valence-corrected chi connectivity index (χ3v) is 7.71. The molecule has 1 aliphatic rings. The van der Waals surface area contributed by atoms with Gasteiger partial charge in [-0.25, -0.2) is 9.79 Å². The van der Waals surface area contributed by atoms with Gasteiger partial charge in [0.25, 0.3) is 11.2 Å². The number of hydrogen-bond donors (Lipinski definition) is 0. The van der Waals surface area contributed by atoms with Gasteiger partial charge in [0.15, 0.2) is 16.3 Å². The SMILES string of the molecule is COc1cc(C2C(C(=O)OC(C)C)=C(C)N=c3sc(=Cc4ccc([N+](=O)[O-])cc4)c(=O)n32)ccc1OCc1ccccc1. The molecule has 1 atom stereocenters. The fourth-order valence-corrected chi connectivity index (χ4v) is 5.77. The Bertz CT molecular complexity index is 1890. The number of nitro benzene ring substituents is 1. The zero-order valence-corrected chi connectivity index (χ0v) is 24.8. The number of allylic oxidation sites excluding steroid dienone is 1. The van der Waals surface area contributed by atoms with Crippen molar-refractivity contribution in [2.75, 3.05) is 7.11 Å². The lowest BCUT2D eigenvalue weighted by Gasteiger charge is -2.26. The number of non-ortho nitro benzene ring substituents is 1. The fourth-order valence-electron chi connectivity index (χ4n) is 4.73. The molecule has 43 heavy (non-hydrogen) atoms. The standard InChI is InChI=1S/C32H29N3O7S/c1-19(2)42-31(37)28-20(3)33-32-34(30(36)27(43-32)16-21-10-13-24(14-11-21)35(38)39)29(28)23-12-15-25(26(17-23)40-4)41-18-22-8-6-5-7-9-22/h5-17,19,29H,18H2,1-4H3. The second kappa shape index (κ2) is 12.5. The second-order valence-electron chi connectivity index (χ2n) is 10.1. The Kier molecular flexibility index (Phi) is 8.53. The molecule has 0 amide bonds. The Morgan fingerprint density at radius 3 is 2.47 bits per heavy atom. The lowest BCUT2D eigenvalue weighted by atomic mass is 9.95. The number of aromatic nitrogens is 1. The summed E-state index contributed by atoms with van der Waals surface area (Å²) in [5.74, 6) is 0.370. The number of methoxy groups -OCH3 is 1. The maximum atomic E-state index is 13.9. The van der Waals surface area contributed by atoms with Crippen molar-refractivity contribution in [3.8, 4) is 11.5 Å². The fraction of sp³-hybridized carbons (Fsp3) is 0.219. The van der Waals surface area contributed by atoms with E-state index >= 15 is 0 Å². The van der Waals surface area contributed by atoms with Crippen molar-refractivity contribution in [1.82, 2.24) is 4.57 Å². The molecule has 0 spiro atoms. The average molecular weight is 600 g/mol. The summed E-state index contributed by atoms with van der Waals surface area (Å²) in [6.07, 6.45) is 1.26. The molecule has 5 rings (SSSR count). The number of esters is 1. The van der Waals surface area contributed by atoms with Gasteiger partial charge in [-0.1, -0.05) is 47.7 Å². The third kappa shape index (κ3) is 6.26. The summed E-state index contributed by atoms with van der Waals surface area (Å²) in [5, 5.41) is 11.1. The number of rotatable bonds is 9. The molecule has 0 N–H and O–H groups in total. The van der Waals surface area contributed by atoms with Crippen LogP contribution in [0.5, 0.6) is 11.5 Å². The zero-order valence-electron chi connectivity index (χ0n) is 24.0. The van der Waals surface area contributed by atoms with Crippen LogP contribution in [0.25, 0.3) is 6.08 Å². The predicted octanol–water partition coefficient (Wildman–Crippen LogP) is 4.68. The number of ether oxygens (including phenoxy) is 3. The molecular weight excluding hydrogens is 570 g/mol. The van der Waals surface area contributed by atoms with Crippen LogP contribution >= 0.6 is 11.3 Å². The molecule has 1 unspecified atom stereocenters. The predicted molar refractivity (Wildman–Crippen MR) is 162 cm³/mol. The second-order valence-corrected chi connectivity index (χ2v) is 11.1. The highest BCUT2D eigenvalue weighted by Crippen LogP contribution is 2.36. The lowest BCUT2D eigenvalue weighted by molar-refractivity contribution is -0.384. The maximum absolute atomic E-state index is 13.9. The smallest absolute Gasteiger partial charge is 0.338 e. The lowest BCUT2D eigenvalue weighted by Crippen LogP contribution is -2.40. The van der Waals surface area contributed by atoms with Crippen LogP contribution in [0.2, 0.25) is 0 Å². The van der Waals surface area contributed by atoms with E-state index in [0.29, 0.717) is 44.3 Å². The van der Waals surface area contributed by atoms with Gasteiger partial charge in [-0.05, 0) is 67.8 Å². The highest BCUT2D eigenvalue weighted by Gasteiger charge is 2.34. The van der Waals surface area contributed by atoms with E-state index in [1.54, 1.807) is 57.2 Å². The van der Waals surface area contributed by atoms with Crippen LogP contribution < -0.4 is 24.4 Å². The van der Waals surface area contributed by atoms with Crippen LogP contribution in [0, 0.1) is 10.1 Å². The van der Waals surface area contributed by atoms with E-state index < -0.39 is 16.9 Å². The summed E-state index contributed by atoms with van der Waals surface area (Å²) in [6.45, 7) is 5.56. The van der Waals surface area contributed by atoms with Crippen LogP contribution in [-0.4, -0.2) is 28.7 Å². The van der Waals surface area contributed by atoms with E-state index in [1.165, 1.54) is 35.1 Å². The van der Waals surface area contributed by atoms with Crippen LogP contribution in [0.1, 0.15) is 43.5 Å². The minimum atomic E-state index is -0.849. The molecule has 0 fully saturated rings. The van der Waals surface area contributed by atoms with Crippen molar-refractivity contribution in [1.29, 1.82) is 0 Å². The molecule has 220 valence electrons. The van der Waals surface area contributed by atoms with Crippen LogP contribution in [0.3, 0.4) is 0 Å².